The van der Waals surface area contributed by atoms with Crippen LogP contribution in [0, 0.1) is 0 Å². The zero-order chi connectivity index (χ0) is 16.4. The van der Waals surface area contributed by atoms with Gasteiger partial charge in [-0.3, -0.25) is 9.59 Å². The van der Waals surface area contributed by atoms with Crippen LogP contribution < -0.4 is 16.0 Å². The van der Waals surface area contributed by atoms with E-state index in [9.17, 15) is 9.59 Å². The molecule has 23 heavy (non-hydrogen) atoms. The highest BCUT2D eigenvalue weighted by Gasteiger charge is 2.33. The van der Waals surface area contributed by atoms with Crippen molar-refractivity contribution in [1.82, 2.24) is 15.3 Å². The van der Waals surface area contributed by atoms with E-state index in [-0.39, 0.29) is 29.9 Å². The van der Waals surface area contributed by atoms with Gasteiger partial charge in [0, 0.05) is 25.4 Å². The van der Waals surface area contributed by atoms with Crippen molar-refractivity contribution in [1.29, 1.82) is 0 Å². The molecule has 2 aromatic rings. The molecule has 1 aliphatic rings. The predicted molar refractivity (Wildman–Crippen MR) is 86.1 cm³/mol. The lowest BCUT2D eigenvalue weighted by molar-refractivity contribution is -0.117. The lowest BCUT2D eigenvalue weighted by Gasteiger charge is -2.18. The van der Waals surface area contributed by atoms with E-state index in [4.69, 9.17) is 17.3 Å². The van der Waals surface area contributed by atoms with Gasteiger partial charge in [-0.1, -0.05) is 23.7 Å². The molecule has 1 aromatic carbocycles. The van der Waals surface area contributed by atoms with Crippen LogP contribution in [-0.4, -0.2) is 34.4 Å². The molecule has 1 aromatic heterocycles. The van der Waals surface area contributed by atoms with Gasteiger partial charge in [-0.05, 0) is 12.1 Å². The summed E-state index contributed by atoms with van der Waals surface area (Å²) in [5, 5.41) is 3.25. The van der Waals surface area contributed by atoms with E-state index in [2.05, 4.69) is 15.3 Å². The maximum Gasteiger partial charge on any atom is 0.274 e. The first-order chi connectivity index (χ1) is 11.1. The van der Waals surface area contributed by atoms with Gasteiger partial charge in [0.15, 0.2) is 11.5 Å². The number of amides is 2. The Kier molecular flexibility index (Phi) is 4.12. The average molecular weight is 332 g/mol. The Morgan fingerprint density at radius 2 is 2.04 bits per heavy atom. The lowest BCUT2D eigenvalue weighted by Crippen LogP contribution is -2.38. The lowest BCUT2D eigenvalue weighted by atomic mass is 10.2. The van der Waals surface area contributed by atoms with Crippen molar-refractivity contribution in [3.63, 3.8) is 0 Å². The van der Waals surface area contributed by atoms with Crippen LogP contribution in [0.2, 0.25) is 5.02 Å². The Labute approximate surface area is 137 Å². The molecule has 0 aliphatic carbocycles. The van der Waals surface area contributed by atoms with Crippen LogP contribution in [0.3, 0.4) is 0 Å². The van der Waals surface area contributed by atoms with Gasteiger partial charge in [0.05, 0.1) is 16.8 Å². The number of para-hydroxylation sites is 1. The summed E-state index contributed by atoms with van der Waals surface area (Å²) in [4.78, 5) is 33.7. The number of benzene rings is 1. The summed E-state index contributed by atoms with van der Waals surface area (Å²) in [5.41, 5.74) is 6.32. The molecule has 1 aliphatic heterocycles. The molecule has 0 spiro atoms. The SMILES string of the molecule is Nc1nccnc1C(=O)N[C@@H]1CC(=O)N(c2ccccc2Cl)C1. The first-order valence-corrected chi connectivity index (χ1v) is 7.36. The second kappa shape index (κ2) is 6.21. The van der Waals surface area contributed by atoms with Crippen molar-refractivity contribution in [2.75, 3.05) is 17.2 Å². The topological polar surface area (TPSA) is 101 Å². The summed E-state index contributed by atoms with van der Waals surface area (Å²) in [6.45, 7) is 0.342. The van der Waals surface area contributed by atoms with Crippen LogP contribution in [-0.2, 0) is 4.79 Å². The Morgan fingerprint density at radius 3 is 2.78 bits per heavy atom. The summed E-state index contributed by atoms with van der Waals surface area (Å²) in [6.07, 6.45) is 2.99. The molecule has 7 nitrogen and oxygen atoms in total. The number of hydrogen-bond donors (Lipinski definition) is 2. The number of aromatic nitrogens is 2. The summed E-state index contributed by atoms with van der Waals surface area (Å²) >= 11 is 6.12. The zero-order valence-corrected chi connectivity index (χ0v) is 12.8. The highest BCUT2D eigenvalue weighted by molar-refractivity contribution is 6.33. The van der Waals surface area contributed by atoms with Crippen LogP contribution >= 0.6 is 11.6 Å². The predicted octanol–water partition coefficient (Wildman–Crippen LogP) is 1.25. The summed E-state index contributed by atoms with van der Waals surface area (Å²) < 4.78 is 0. The maximum absolute atomic E-state index is 12.2. The van der Waals surface area contributed by atoms with E-state index in [0.717, 1.165) is 0 Å². The molecule has 2 heterocycles. The molecule has 3 N–H and O–H groups in total. The molecule has 8 heteroatoms. The molecule has 2 amide bonds. The number of nitrogens with zero attached hydrogens (tertiary/aromatic N) is 3. The summed E-state index contributed by atoms with van der Waals surface area (Å²) in [6, 6.07) is 6.75. The molecule has 118 valence electrons. The Hall–Kier alpha value is -2.67. The van der Waals surface area contributed by atoms with E-state index in [1.165, 1.54) is 12.4 Å². The second-order valence-electron chi connectivity index (χ2n) is 5.12. The first-order valence-electron chi connectivity index (χ1n) is 6.98. The Bertz CT molecular complexity index is 767. The first kappa shape index (κ1) is 15.2. The number of halogens is 1. The van der Waals surface area contributed by atoms with Crippen LogP contribution in [0.4, 0.5) is 11.5 Å². The molecular weight excluding hydrogens is 318 g/mol. The van der Waals surface area contributed by atoms with Crippen LogP contribution in [0.5, 0.6) is 0 Å². The van der Waals surface area contributed by atoms with Gasteiger partial charge < -0.3 is 16.0 Å². The third kappa shape index (κ3) is 3.09. The fourth-order valence-corrected chi connectivity index (χ4v) is 2.72. The Morgan fingerprint density at radius 1 is 1.30 bits per heavy atom. The number of carbonyl (C=O) groups excluding carboxylic acids is 2. The molecule has 0 saturated carbocycles. The van der Waals surface area contributed by atoms with Crippen LogP contribution in [0.15, 0.2) is 36.7 Å². The average Bonchev–Trinajstić information content (AvgIpc) is 2.88. The molecule has 0 bridgehead atoms. The smallest absolute Gasteiger partial charge is 0.274 e. The third-order valence-electron chi connectivity index (χ3n) is 3.55. The van der Waals surface area contributed by atoms with Gasteiger partial charge >= 0.3 is 0 Å². The quantitative estimate of drug-likeness (QED) is 0.881. The van der Waals surface area contributed by atoms with Crippen molar-refractivity contribution in [2.24, 2.45) is 0 Å². The minimum atomic E-state index is -0.450. The van der Waals surface area contributed by atoms with Gasteiger partial charge in [-0.2, -0.15) is 0 Å². The zero-order valence-electron chi connectivity index (χ0n) is 12.1. The normalized spacial score (nSPS) is 17.3. The van der Waals surface area contributed by atoms with E-state index in [0.29, 0.717) is 17.3 Å². The van der Waals surface area contributed by atoms with E-state index >= 15 is 0 Å². The number of nitrogen functional groups attached to an aromatic ring is 1. The van der Waals surface area contributed by atoms with Crippen molar-refractivity contribution in [3.05, 3.63) is 47.4 Å². The largest absolute Gasteiger partial charge is 0.382 e. The molecule has 1 fully saturated rings. The summed E-state index contributed by atoms with van der Waals surface area (Å²) in [5.74, 6) is -0.498. The van der Waals surface area contributed by atoms with Crippen molar-refractivity contribution < 1.29 is 9.59 Å². The molecule has 0 radical (unpaired) electrons. The monoisotopic (exact) mass is 331 g/mol. The molecule has 1 atom stereocenters. The maximum atomic E-state index is 12.2. The molecular formula is C15H14ClN5O2. The van der Waals surface area contributed by atoms with Crippen molar-refractivity contribution >= 4 is 34.9 Å². The second-order valence-corrected chi connectivity index (χ2v) is 5.53. The van der Waals surface area contributed by atoms with E-state index in [1.54, 1.807) is 29.2 Å². The van der Waals surface area contributed by atoms with E-state index in [1.807, 2.05) is 0 Å². The fraction of sp³-hybridized carbons (Fsp3) is 0.200. The fourth-order valence-electron chi connectivity index (χ4n) is 2.49. The van der Waals surface area contributed by atoms with Gasteiger partial charge in [0.1, 0.15) is 0 Å². The van der Waals surface area contributed by atoms with Crippen LogP contribution in [0.1, 0.15) is 16.9 Å². The molecule has 0 unspecified atom stereocenters. The minimum absolute atomic E-state index is 0.0520. The number of nitrogens with one attached hydrogen (secondary N) is 1. The van der Waals surface area contributed by atoms with Crippen molar-refractivity contribution in [2.45, 2.75) is 12.5 Å². The molecule has 1 saturated heterocycles. The molecule has 3 rings (SSSR count). The number of carbonyl (C=O) groups is 2. The highest BCUT2D eigenvalue weighted by atomic mass is 35.5. The number of hydrogen-bond acceptors (Lipinski definition) is 5. The standard InChI is InChI=1S/C15H14ClN5O2/c16-10-3-1-2-4-11(10)21-8-9(7-12(21)22)20-15(23)13-14(17)19-6-5-18-13/h1-6,9H,7-8H2,(H2,17,19)(H,20,23)/t9-/m1/s1. The minimum Gasteiger partial charge on any atom is -0.382 e. The number of rotatable bonds is 3. The number of anilines is 2. The van der Waals surface area contributed by atoms with Crippen molar-refractivity contribution in [3.8, 4) is 0 Å². The van der Waals surface area contributed by atoms with Gasteiger partial charge in [-0.25, -0.2) is 9.97 Å². The van der Waals surface area contributed by atoms with Crippen LogP contribution in [0.25, 0.3) is 0 Å². The van der Waals surface area contributed by atoms with Gasteiger partial charge in [-0.15, -0.1) is 0 Å². The van der Waals surface area contributed by atoms with Gasteiger partial charge in [0.25, 0.3) is 5.91 Å². The Balaban J connectivity index is 1.72. The number of nitrogens with two attached hydrogens (primary N) is 1. The summed E-state index contributed by atoms with van der Waals surface area (Å²) in [7, 11) is 0. The van der Waals surface area contributed by atoms with Gasteiger partial charge in [0.2, 0.25) is 5.91 Å². The highest BCUT2D eigenvalue weighted by Crippen LogP contribution is 2.29. The van der Waals surface area contributed by atoms with E-state index < -0.39 is 5.91 Å². The third-order valence-corrected chi connectivity index (χ3v) is 3.86.